The van der Waals surface area contributed by atoms with Crippen molar-refractivity contribution in [1.29, 1.82) is 0 Å². The van der Waals surface area contributed by atoms with E-state index >= 15 is 0 Å². The van der Waals surface area contributed by atoms with E-state index in [0.717, 1.165) is 6.21 Å². The molecule has 0 saturated heterocycles. The first-order valence-corrected chi connectivity index (χ1v) is 3.33. The summed E-state index contributed by atoms with van der Waals surface area (Å²) in [6.45, 7) is 5.34. The molecule has 0 aromatic rings. The highest BCUT2D eigenvalue weighted by molar-refractivity contribution is 5.85. The van der Waals surface area contributed by atoms with Crippen LogP contribution >= 0.6 is 0 Å². The fraction of sp³-hybridized carbons (Fsp3) is 0.714. The van der Waals surface area contributed by atoms with Crippen LogP contribution in [0.1, 0.15) is 27.2 Å². The van der Waals surface area contributed by atoms with Gasteiger partial charge in [-0.2, -0.15) is 0 Å². The molecule has 0 spiro atoms. The third-order valence-electron chi connectivity index (χ3n) is 0.760. The first-order chi connectivity index (χ1) is 4.95. The number of carbonyl (C=O) groups excluding carboxylic acids is 1. The van der Waals surface area contributed by atoms with Crippen molar-refractivity contribution in [2.45, 2.75) is 32.8 Å². The van der Waals surface area contributed by atoms with Gasteiger partial charge in [0.25, 0.3) is 0 Å². The van der Waals surface area contributed by atoms with Crippen LogP contribution in [0.3, 0.4) is 0 Å². The maximum absolute atomic E-state index is 10.8. The quantitative estimate of drug-likeness (QED) is 0.285. The molecule has 0 bridgehead atoms. The van der Waals surface area contributed by atoms with E-state index in [0.29, 0.717) is 0 Å². The molecule has 0 aromatic heterocycles. The van der Waals surface area contributed by atoms with Crippen LogP contribution < -0.4 is 0 Å². The summed E-state index contributed by atoms with van der Waals surface area (Å²) in [6, 6.07) is 0. The summed E-state index contributed by atoms with van der Waals surface area (Å²) >= 11 is 0. The molecule has 0 amide bonds. The second-order valence-corrected chi connectivity index (χ2v) is 3.09. The molecule has 4 nitrogen and oxygen atoms in total. The van der Waals surface area contributed by atoms with Gasteiger partial charge in [0, 0.05) is 0 Å². The molecule has 0 unspecified atom stereocenters. The zero-order valence-corrected chi connectivity index (χ0v) is 7.00. The van der Waals surface area contributed by atoms with E-state index in [9.17, 15) is 4.79 Å². The van der Waals surface area contributed by atoms with E-state index in [1.807, 2.05) is 0 Å². The number of oxime groups is 1. The van der Waals surface area contributed by atoms with Gasteiger partial charge in [-0.3, -0.25) is 4.79 Å². The predicted octanol–water partition coefficient (Wildman–Crippen LogP) is 1.18. The highest BCUT2D eigenvalue weighted by Crippen LogP contribution is 2.07. The first-order valence-electron chi connectivity index (χ1n) is 3.33. The minimum Gasteiger partial charge on any atom is -0.460 e. The predicted molar refractivity (Wildman–Crippen MR) is 40.7 cm³/mol. The zero-order valence-electron chi connectivity index (χ0n) is 7.00. The SMILES string of the molecule is CC(C)(C)OC(=O)C/C=N\O. The van der Waals surface area contributed by atoms with Crippen LogP contribution in [0.2, 0.25) is 0 Å². The monoisotopic (exact) mass is 159 g/mol. The van der Waals surface area contributed by atoms with Crippen LogP contribution in [0.25, 0.3) is 0 Å². The normalized spacial score (nSPS) is 11.9. The van der Waals surface area contributed by atoms with E-state index < -0.39 is 11.6 Å². The van der Waals surface area contributed by atoms with Crippen molar-refractivity contribution >= 4 is 12.2 Å². The summed E-state index contributed by atoms with van der Waals surface area (Å²) in [7, 11) is 0. The summed E-state index contributed by atoms with van der Waals surface area (Å²) in [5.74, 6) is -0.393. The molecule has 0 aromatic carbocycles. The summed E-state index contributed by atoms with van der Waals surface area (Å²) in [5.41, 5.74) is -0.472. The second-order valence-electron chi connectivity index (χ2n) is 3.09. The third kappa shape index (κ3) is 6.83. The fourth-order valence-electron chi connectivity index (χ4n) is 0.499. The largest absolute Gasteiger partial charge is 0.460 e. The van der Waals surface area contributed by atoms with Crippen LogP contribution in [-0.2, 0) is 9.53 Å². The van der Waals surface area contributed by atoms with E-state index in [1.54, 1.807) is 20.8 Å². The number of nitrogens with zero attached hydrogens (tertiary/aromatic N) is 1. The molecular formula is C7H13NO3. The number of ether oxygens (including phenoxy) is 1. The molecule has 0 radical (unpaired) electrons. The summed E-state index contributed by atoms with van der Waals surface area (Å²) < 4.78 is 4.90. The van der Waals surface area contributed by atoms with Crippen molar-refractivity contribution in [1.82, 2.24) is 0 Å². The minimum absolute atomic E-state index is 0.00771. The van der Waals surface area contributed by atoms with Crippen LogP contribution in [0.5, 0.6) is 0 Å². The van der Waals surface area contributed by atoms with Gasteiger partial charge >= 0.3 is 5.97 Å². The summed E-state index contributed by atoms with van der Waals surface area (Å²) in [6.07, 6.45) is 1.10. The Hall–Kier alpha value is -1.06. The van der Waals surface area contributed by atoms with Gasteiger partial charge in [-0.15, -0.1) is 5.16 Å². The molecule has 0 heterocycles. The first kappa shape index (κ1) is 9.94. The Kier molecular flexibility index (Phi) is 3.57. The topological polar surface area (TPSA) is 58.9 Å². The van der Waals surface area contributed by atoms with Gasteiger partial charge in [-0.25, -0.2) is 0 Å². The lowest BCUT2D eigenvalue weighted by Gasteiger charge is -2.18. The number of carbonyl (C=O) groups is 1. The van der Waals surface area contributed by atoms with Gasteiger partial charge < -0.3 is 9.94 Å². The van der Waals surface area contributed by atoms with E-state index in [1.165, 1.54) is 0 Å². The molecule has 0 rings (SSSR count). The number of hydrogen-bond donors (Lipinski definition) is 1. The lowest BCUT2D eigenvalue weighted by molar-refractivity contribution is -0.153. The Balaban J connectivity index is 3.70. The standard InChI is InChI=1S/C7H13NO3/c1-7(2,3)11-6(9)4-5-8-10/h5,10H,4H2,1-3H3/b8-5-. The average Bonchev–Trinajstić information content (AvgIpc) is 1.79. The molecular weight excluding hydrogens is 146 g/mol. The zero-order chi connectivity index (χ0) is 8.91. The highest BCUT2D eigenvalue weighted by atomic mass is 16.6. The lowest BCUT2D eigenvalue weighted by Crippen LogP contribution is -2.23. The Morgan fingerprint density at radius 3 is 2.55 bits per heavy atom. The summed E-state index contributed by atoms with van der Waals surface area (Å²) in [5, 5.41) is 10.7. The molecule has 0 saturated carbocycles. The third-order valence-corrected chi connectivity index (χ3v) is 0.760. The molecule has 11 heavy (non-hydrogen) atoms. The van der Waals surface area contributed by atoms with Crippen molar-refractivity contribution < 1.29 is 14.7 Å². The number of esters is 1. The van der Waals surface area contributed by atoms with E-state index in [4.69, 9.17) is 9.94 Å². The van der Waals surface area contributed by atoms with Gasteiger partial charge in [-0.05, 0) is 20.8 Å². The van der Waals surface area contributed by atoms with Crippen LogP contribution in [0, 0.1) is 0 Å². The summed E-state index contributed by atoms with van der Waals surface area (Å²) in [4.78, 5) is 10.8. The average molecular weight is 159 g/mol. The fourth-order valence-corrected chi connectivity index (χ4v) is 0.499. The van der Waals surface area contributed by atoms with Crippen LogP contribution in [0.4, 0.5) is 0 Å². The van der Waals surface area contributed by atoms with Gasteiger partial charge in [0.1, 0.15) is 5.60 Å². The Labute approximate surface area is 65.8 Å². The molecule has 0 atom stereocenters. The van der Waals surface area contributed by atoms with Crippen molar-refractivity contribution in [3.05, 3.63) is 0 Å². The maximum Gasteiger partial charge on any atom is 0.311 e. The van der Waals surface area contributed by atoms with Crippen molar-refractivity contribution in [2.24, 2.45) is 5.16 Å². The highest BCUT2D eigenvalue weighted by Gasteiger charge is 2.14. The molecule has 0 fully saturated rings. The maximum atomic E-state index is 10.8. The van der Waals surface area contributed by atoms with E-state index in [-0.39, 0.29) is 6.42 Å². The minimum atomic E-state index is -0.472. The smallest absolute Gasteiger partial charge is 0.311 e. The molecule has 64 valence electrons. The Morgan fingerprint density at radius 1 is 1.64 bits per heavy atom. The molecule has 0 aliphatic rings. The van der Waals surface area contributed by atoms with Crippen LogP contribution in [-0.4, -0.2) is 23.0 Å². The lowest BCUT2D eigenvalue weighted by atomic mass is 10.2. The van der Waals surface area contributed by atoms with Crippen molar-refractivity contribution in [2.75, 3.05) is 0 Å². The second kappa shape index (κ2) is 3.95. The van der Waals surface area contributed by atoms with E-state index in [2.05, 4.69) is 5.16 Å². The van der Waals surface area contributed by atoms with Crippen molar-refractivity contribution in [3.63, 3.8) is 0 Å². The van der Waals surface area contributed by atoms with Crippen LogP contribution in [0.15, 0.2) is 5.16 Å². The molecule has 0 aliphatic heterocycles. The van der Waals surface area contributed by atoms with Gasteiger partial charge in [0.05, 0.1) is 12.6 Å². The van der Waals surface area contributed by atoms with Gasteiger partial charge in [-0.1, -0.05) is 0 Å². The molecule has 4 heteroatoms. The molecule has 1 N–H and O–H groups in total. The Morgan fingerprint density at radius 2 is 2.18 bits per heavy atom. The number of hydrogen-bond acceptors (Lipinski definition) is 4. The molecule has 0 aliphatic carbocycles. The van der Waals surface area contributed by atoms with Gasteiger partial charge in [0.2, 0.25) is 0 Å². The van der Waals surface area contributed by atoms with Gasteiger partial charge in [0.15, 0.2) is 0 Å². The number of rotatable bonds is 2. The Bertz CT molecular complexity index is 158. The van der Waals surface area contributed by atoms with Crippen molar-refractivity contribution in [3.8, 4) is 0 Å².